The molecule has 0 atom stereocenters. The first kappa shape index (κ1) is 16.8. The first-order chi connectivity index (χ1) is 9.38. The van der Waals surface area contributed by atoms with Crippen molar-refractivity contribution in [3.63, 3.8) is 0 Å². The first-order valence-electron chi connectivity index (χ1n) is 7.52. The van der Waals surface area contributed by atoms with Gasteiger partial charge in [-0.2, -0.15) is 0 Å². The van der Waals surface area contributed by atoms with Gasteiger partial charge in [-0.3, -0.25) is 0 Å². The van der Waals surface area contributed by atoms with Crippen LogP contribution in [0.5, 0.6) is 5.75 Å². The van der Waals surface area contributed by atoms with E-state index in [4.69, 9.17) is 4.74 Å². The van der Waals surface area contributed by atoms with Crippen LogP contribution in [0.4, 0.5) is 0 Å². The molecule has 1 aromatic carbocycles. The number of likely N-dealkylation sites (N-methyl/N-ethyl adjacent to an activating group) is 1. The van der Waals surface area contributed by atoms with Crippen molar-refractivity contribution in [1.82, 2.24) is 5.32 Å². The lowest BCUT2D eigenvalue weighted by Gasteiger charge is -2.24. The van der Waals surface area contributed by atoms with Crippen molar-refractivity contribution in [2.75, 3.05) is 19.7 Å². The number of ether oxygens (including phenoxy) is 1. The summed E-state index contributed by atoms with van der Waals surface area (Å²) in [5.41, 5.74) is 3.79. The van der Waals surface area contributed by atoms with Crippen molar-refractivity contribution in [1.29, 1.82) is 0 Å². The molecule has 0 aliphatic carbocycles. The monoisotopic (exact) mass is 275 g/mol. The summed E-state index contributed by atoms with van der Waals surface area (Å²) in [5, 5.41) is 3.27. The number of hydrogen-bond donors (Lipinski definition) is 1. The van der Waals surface area contributed by atoms with Gasteiger partial charge in [-0.05, 0) is 41.1 Å². The third-order valence-electron chi connectivity index (χ3n) is 3.32. The van der Waals surface area contributed by atoms with Crippen molar-refractivity contribution < 1.29 is 4.74 Å². The Labute approximate surface area is 124 Å². The van der Waals surface area contributed by atoms with Crippen LogP contribution in [0.25, 0.3) is 0 Å². The van der Waals surface area contributed by atoms with Gasteiger partial charge in [0.05, 0.1) is 0 Å². The van der Waals surface area contributed by atoms with Gasteiger partial charge < -0.3 is 10.1 Å². The molecule has 0 aliphatic heterocycles. The summed E-state index contributed by atoms with van der Waals surface area (Å²) >= 11 is 0. The summed E-state index contributed by atoms with van der Waals surface area (Å²) in [7, 11) is 0. The van der Waals surface area contributed by atoms with Gasteiger partial charge in [0.1, 0.15) is 12.4 Å². The molecule has 0 radical (unpaired) electrons. The van der Waals surface area contributed by atoms with E-state index in [1.54, 1.807) is 0 Å². The van der Waals surface area contributed by atoms with Crippen LogP contribution in [0.15, 0.2) is 30.4 Å². The highest BCUT2D eigenvalue weighted by molar-refractivity contribution is 5.41. The highest BCUT2D eigenvalue weighted by Gasteiger charge is 2.19. The molecule has 0 saturated carbocycles. The van der Waals surface area contributed by atoms with E-state index in [-0.39, 0.29) is 5.41 Å². The number of rotatable bonds is 7. The molecule has 2 heteroatoms. The molecule has 2 nitrogen and oxygen atoms in total. The second-order valence-corrected chi connectivity index (χ2v) is 6.25. The molecule has 1 aromatic rings. The summed E-state index contributed by atoms with van der Waals surface area (Å²) in [6.07, 6.45) is 1.05. The van der Waals surface area contributed by atoms with Gasteiger partial charge in [0.15, 0.2) is 0 Å². The molecule has 0 saturated heterocycles. The molecule has 0 amide bonds. The standard InChI is InChI=1S/C18H29NO/c1-7-15-9-10-17(16(11-15)18(4,5)6)20-13-14(3)12-19-8-2/h9-11,19H,3,7-8,12-13H2,1-2,4-6H3. The Balaban J connectivity index is 2.81. The molecule has 0 spiro atoms. The van der Waals surface area contributed by atoms with Crippen LogP contribution in [0.1, 0.15) is 45.7 Å². The second-order valence-electron chi connectivity index (χ2n) is 6.25. The molecule has 1 N–H and O–H groups in total. The Morgan fingerprint density at radius 3 is 2.50 bits per heavy atom. The summed E-state index contributed by atoms with van der Waals surface area (Å²) in [6, 6.07) is 6.51. The number of aryl methyl sites for hydroxylation is 1. The fourth-order valence-corrected chi connectivity index (χ4v) is 2.04. The average molecular weight is 275 g/mol. The molecule has 112 valence electrons. The Kier molecular flexibility index (Phi) is 6.28. The highest BCUT2D eigenvalue weighted by Crippen LogP contribution is 2.32. The molecule has 1 rings (SSSR count). The van der Waals surface area contributed by atoms with Crippen molar-refractivity contribution in [3.8, 4) is 5.75 Å². The van der Waals surface area contributed by atoms with Crippen LogP contribution >= 0.6 is 0 Å². The SMILES string of the molecule is C=C(CNCC)COc1ccc(CC)cc1C(C)(C)C. The number of nitrogens with one attached hydrogen (secondary N) is 1. The molecule has 0 bridgehead atoms. The van der Waals surface area contributed by atoms with Crippen LogP contribution in [0.2, 0.25) is 0 Å². The summed E-state index contributed by atoms with van der Waals surface area (Å²) in [6.45, 7) is 17.3. The minimum Gasteiger partial charge on any atom is -0.489 e. The summed E-state index contributed by atoms with van der Waals surface area (Å²) in [5.74, 6) is 0.979. The lowest BCUT2D eigenvalue weighted by molar-refractivity contribution is 0.337. The Bertz CT molecular complexity index is 443. The van der Waals surface area contributed by atoms with Crippen LogP contribution in [-0.4, -0.2) is 19.7 Å². The smallest absolute Gasteiger partial charge is 0.123 e. The van der Waals surface area contributed by atoms with E-state index in [9.17, 15) is 0 Å². The van der Waals surface area contributed by atoms with E-state index >= 15 is 0 Å². The van der Waals surface area contributed by atoms with Crippen molar-refractivity contribution in [2.45, 2.75) is 46.5 Å². The van der Waals surface area contributed by atoms with E-state index in [1.807, 2.05) is 0 Å². The Morgan fingerprint density at radius 1 is 1.25 bits per heavy atom. The zero-order valence-electron chi connectivity index (χ0n) is 13.7. The lowest BCUT2D eigenvalue weighted by Crippen LogP contribution is -2.20. The van der Waals surface area contributed by atoms with E-state index in [2.05, 4.69) is 64.7 Å². The van der Waals surface area contributed by atoms with Crippen LogP contribution in [0.3, 0.4) is 0 Å². The van der Waals surface area contributed by atoms with E-state index in [0.717, 1.165) is 30.8 Å². The van der Waals surface area contributed by atoms with Crippen molar-refractivity contribution >= 4 is 0 Å². The fourth-order valence-electron chi connectivity index (χ4n) is 2.04. The third kappa shape index (κ3) is 5.01. The van der Waals surface area contributed by atoms with Gasteiger partial charge in [-0.1, -0.05) is 53.3 Å². The van der Waals surface area contributed by atoms with Gasteiger partial charge >= 0.3 is 0 Å². The van der Waals surface area contributed by atoms with Crippen LogP contribution in [-0.2, 0) is 11.8 Å². The van der Waals surface area contributed by atoms with Crippen LogP contribution < -0.4 is 10.1 Å². The predicted molar refractivity (Wildman–Crippen MR) is 87.7 cm³/mol. The van der Waals surface area contributed by atoms with Gasteiger partial charge in [-0.25, -0.2) is 0 Å². The molecule has 0 unspecified atom stereocenters. The molecule has 20 heavy (non-hydrogen) atoms. The normalized spacial score (nSPS) is 11.4. The van der Waals surface area contributed by atoms with Gasteiger partial charge in [0, 0.05) is 6.54 Å². The van der Waals surface area contributed by atoms with E-state index in [1.165, 1.54) is 11.1 Å². The largest absolute Gasteiger partial charge is 0.489 e. The van der Waals surface area contributed by atoms with Crippen molar-refractivity contribution in [3.05, 3.63) is 41.5 Å². The minimum absolute atomic E-state index is 0.0868. The van der Waals surface area contributed by atoms with Crippen LogP contribution in [0, 0.1) is 0 Å². The Hall–Kier alpha value is -1.28. The minimum atomic E-state index is 0.0868. The van der Waals surface area contributed by atoms with Gasteiger partial charge in [0.25, 0.3) is 0 Å². The average Bonchev–Trinajstić information content (AvgIpc) is 2.41. The predicted octanol–water partition coefficient (Wildman–Crippen LogP) is 4.09. The van der Waals surface area contributed by atoms with Crippen molar-refractivity contribution in [2.24, 2.45) is 0 Å². The first-order valence-corrected chi connectivity index (χ1v) is 7.52. The topological polar surface area (TPSA) is 21.3 Å². The quantitative estimate of drug-likeness (QED) is 0.757. The summed E-state index contributed by atoms with van der Waals surface area (Å²) in [4.78, 5) is 0. The molecular formula is C18H29NO. The molecule has 0 heterocycles. The second kappa shape index (κ2) is 7.49. The molecule has 0 fully saturated rings. The van der Waals surface area contributed by atoms with E-state index < -0.39 is 0 Å². The van der Waals surface area contributed by atoms with Gasteiger partial charge in [0.2, 0.25) is 0 Å². The number of hydrogen-bond acceptors (Lipinski definition) is 2. The van der Waals surface area contributed by atoms with E-state index in [0.29, 0.717) is 6.61 Å². The maximum atomic E-state index is 5.98. The number of benzene rings is 1. The zero-order valence-corrected chi connectivity index (χ0v) is 13.7. The zero-order chi connectivity index (χ0) is 15.2. The molecular weight excluding hydrogens is 246 g/mol. The highest BCUT2D eigenvalue weighted by atomic mass is 16.5. The lowest BCUT2D eigenvalue weighted by atomic mass is 9.85. The molecule has 0 aliphatic rings. The third-order valence-corrected chi connectivity index (χ3v) is 3.32. The maximum Gasteiger partial charge on any atom is 0.123 e. The fraction of sp³-hybridized carbons (Fsp3) is 0.556. The summed E-state index contributed by atoms with van der Waals surface area (Å²) < 4.78 is 5.98. The molecule has 0 aromatic heterocycles. The Morgan fingerprint density at radius 2 is 1.95 bits per heavy atom. The maximum absolute atomic E-state index is 5.98. The van der Waals surface area contributed by atoms with Gasteiger partial charge in [-0.15, -0.1) is 0 Å².